The first-order valence-corrected chi connectivity index (χ1v) is 7.65. The Morgan fingerprint density at radius 3 is 2.61 bits per heavy atom. The maximum atomic E-state index is 11.9. The summed E-state index contributed by atoms with van der Waals surface area (Å²) in [7, 11) is 0. The second kappa shape index (κ2) is 8.17. The van der Waals surface area contributed by atoms with Crippen molar-refractivity contribution >= 4 is 11.8 Å². The fourth-order valence-corrected chi connectivity index (χ4v) is 2.26. The van der Waals surface area contributed by atoms with E-state index in [9.17, 15) is 9.59 Å². The number of nitrogens with one attached hydrogen (secondary N) is 1. The maximum absolute atomic E-state index is 11.9. The summed E-state index contributed by atoms with van der Waals surface area (Å²) in [5.74, 6) is 0.575. The molecule has 0 unspecified atom stereocenters. The second-order valence-electron chi connectivity index (χ2n) is 5.47. The van der Waals surface area contributed by atoms with E-state index in [1.807, 2.05) is 31.2 Å². The van der Waals surface area contributed by atoms with E-state index in [-0.39, 0.29) is 18.2 Å². The van der Waals surface area contributed by atoms with Gasteiger partial charge >= 0.3 is 0 Å². The minimum Gasteiger partial charge on any atom is -0.467 e. The molecule has 0 aliphatic rings. The first kappa shape index (κ1) is 16.8. The molecule has 0 radical (unpaired) electrons. The molecule has 0 saturated heterocycles. The van der Waals surface area contributed by atoms with Crippen LogP contribution in [0.4, 0.5) is 0 Å². The normalized spacial score (nSPS) is 10.3. The molecule has 1 aromatic carbocycles. The van der Waals surface area contributed by atoms with Gasteiger partial charge in [-0.3, -0.25) is 9.59 Å². The van der Waals surface area contributed by atoms with Crippen LogP contribution in [0.3, 0.4) is 0 Å². The van der Waals surface area contributed by atoms with E-state index in [1.165, 1.54) is 6.92 Å². The molecule has 0 spiro atoms. The highest BCUT2D eigenvalue weighted by Crippen LogP contribution is 2.11. The SMILES string of the molecule is CC(=O)N(CCC(=O)NCc1ccco1)Cc1ccccc1C. The summed E-state index contributed by atoms with van der Waals surface area (Å²) >= 11 is 0. The van der Waals surface area contributed by atoms with Crippen LogP contribution < -0.4 is 5.32 Å². The van der Waals surface area contributed by atoms with E-state index in [4.69, 9.17) is 4.42 Å². The van der Waals surface area contributed by atoms with Gasteiger partial charge in [-0.05, 0) is 30.2 Å². The molecule has 0 atom stereocenters. The smallest absolute Gasteiger partial charge is 0.222 e. The van der Waals surface area contributed by atoms with Crippen molar-refractivity contribution in [3.05, 3.63) is 59.5 Å². The number of benzene rings is 1. The van der Waals surface area contributed by atoms with E-state index in [2.05, 4.69) is 5.32 Å². The van der Waals surface area contributed by atoms with Crippen molar-refractivity contribution in [3.8, 4) is 0 Å². The van der Waals surface area contributed by atoms with E-state index in [0.717, 1.165) is 11.1 Å². The molecule has 0 bridgehead atoms. The second-order valence-corrected chi connectivity index (χ2v) is 5.47. The fraction of sp³-hybridized carbons (Fsp3) is 0.333. The van der Waals surface area contributed by atoms with Crippen LogP contribution in [0, 0.1) is 6.92 Å². The summed E-state index contributed by atoms with van der Waals surface area (Å²) in [6, 6.07) is 11.5. The van der Waals surface area contributed by atoms with Crippen molar-refractivity contribution in [2.75, 3.05) is 6.54 Å². The van der Waals surface area contributed by atoms with Crippen LogP contribution in [-0.2, 0) is 22.7 Å². The van der Waals surface area contributed by atoms with Gasteiger partial charge < -0.3 is 14.6 Å². The van der Waals surface area contributed by atoms with E-state index in [1.54, 1.807) is 23.3 Å². The zero-order valence-electron chi connectivity index (χ0n) is 13.5. The monoisotopic (exact) mass is 314 g/mol. The summed E-state index contributed by atoms with van der Waals surface area (Å²) < 4.78 is 5.16. The third-order valence-corrected chi connectivity index (χ3v) is 3.72. The predicted octanol–water partition coefficient (Wildman–Crippen LogP) is 2.64. The molecule has 2 amide bonds. The number of rotatable bonds is 7. The lowest BCUT2D eigenvalue weighted by Crippen LogP contribution is -2.33. The molecule has 0 fully saturated rings. The molecular weight excluding hydrogens is 292 g/mol. The Balaban J connectivity index is 1.83. The molecule has 2 rings (SSSR count). The molecule has 1 N–H and O–H groups in total. The Kier molecular flexibility index (Phi) is 5.97. The Bertz CT molecular complexity index is 650. The van der Waals surface area contributed by atoms with E-state index < -0.39 is 0 Å². The Morgan fingerprint density at radius 1 is 1.17 bits per heavy atom. The number of nitrogens with zero attached hydrogens (tertiary/aromatic N) is 1. The Labute approximate surface area is 136 Å². The lowest BCUT2D eigenvalue weighted by atomic mass is 10.1. The van der Waals surface area contributed by atoms with Gasteiger partial charge in [0, 0.05) is 26.4 Å². The number of amides is 2. The van der Waals surface area contributed by atoms with Crippen molar-refractivity contribution in [2.45, 2.75) is 33.4 Å². The first-order chi connectivity index (χ1) is 11.1. The number of furan rings is 1. The minimum absolute atomic E-state index is 0.0351. The number of carbonyl (C=O) groups excluding carboxylic acids is 2. The largest absolute Gasteiger partial charge is 0.467 e. The van der Waals surface area contributed by atoms with Crippen molar-refractivity contribution in [1.82, 2.24) is 10.2 Å². The zero-order chi connectivity index (χ0) is 16.7. The van der Waals surface area contributed by atoms with Gasteiger partial charge in [-0.1, -0.05) is 24.3 Å². The molecule has 5 nitrogen and oxygen atoms in total. The summed E-state index contributed by atoms with van der Waals surface area (Å²) in [5, 5.41) is 2.78. The Morgan fingerprint density at radius 2 is 1.96 bits per heavy atom. The van der Waals surface area contributed by atoms with Crippen LogP contribution in [0.5, 0.6) is 0 Å². The standard InChI is InChI=1S/C18H22N2O3/c1-14-6-3-4-7-16(14)13-20(15(2)21)10-9-18(22)19-12-17-8-5-11-23-17/h3-8,11H,9-10,12-13H2,1-2H3,(H,19,22). The van der Waals surface area contributed by atoms with Gasteiger partial charge in [0.2, 0.25) is 11.8 Å². The molecule has 23 heavy (non-hydrogen) atoms. The maximum Gasteiger partial charge on any atom is 0.222 e. The molecule has 0 saturated carbocycles. The van der Waals surface area contributed by atoms with Gasteiger partial charge in [-0.2, -0.15) is 0 Å². The van der Waals surface area contributed by atoms with Gasteiger partial charge in [-0.15, -0.1) is 0 Å². The van der Waals surface area contributed by atoms with Crippen LogP contribution in [0.2, 0.25) is 0 Å². The number of hydrogen-bond donors (Lipinski definition) is 1. The first-order valence-electron chi connectivity index (χ1n) is 7.65. The van der Waals surface area contributed by atoms with Gasteiger partial charge in [0.15, 0.2) is 0 Å². The molecule has 0 aliphatic heterocycles. The van der Waals surface area contributed by atoms with Crippen LogP contribution in [0.15, 0.2) is 47.1 Å². The summed E-state index contributed by atoms with van der Waals surface area (Å²) in [4.78, 5) is 25.4. The number of carbonyl (C=O) groups is 2. The molecular formula is C18H22N2O3. The summed E-state index contributed by atoms with van der Waals surface area (Å²) in [6.45, 7) is 4.83. The minimum atomic E-state index is -0.0996. The molecule has 1 aromatic heterocycles. The lowest BCUT2D eigenvalue weighted by molar-refractivity contribution is -0.130. The van der Waals surface area contributed by atoms with Gasteiger partial charge in [-0.25, -0.2) is 0 Å². The highest BCUT2D eigenvalue weighted by Gasteiger charge is 2.13. The van der Waals surface area contributed by atoms with E-state index in [0.29, 0.717) is 25.4 Å². The van der Waals surface area contributed by atoms with Crippen molar-refractivity contribution < 1.29 is 14.0 Å². The molecule has 2 aromatic rings. The molecule has 0 aliphatic carbocycles. The highest BCUT2D eigenvalue weighted by atomic mass is 16.3. The van der Waals surface area contributed by atoms with Crippen LogP contribution >= 0.6 is 0 Å². The lowest BCUT2D eigenvalue weighted by Gasteiger charge is -2.22. The Hall–Kier alpha value is -2.56. The van der Waals surface area contributed by atoms with Crippen molar-refractivity contribution in [2.24, 2.45) is 0 Å². The van der Waals surface area contributed by atoms with Crippen LogP contribution in [-0.4, -0.2) is 23.3 Å². The molecule has 5 heteroatoms. The fourth-order valence-electron chi connectivity index (χ4n) is 2.26. The van der Waals surface area contributed by atoms with Gasteiger partial charge in [0.1, 0.15) is 5.76 Å². The number of aryl methyl sites for hydroxylation is 1. The number of hydrogen-bond acceptors (Lipinski definition) is 3. The molecule has 1 heterocycles. The quantitative estimate of drug-likeness (QED) is 0.854. The third kappa shape index (κ3) is 5.29. The van der Waals surface area contributed by atoms with E-state index >= 15 is 0 Å². The van der Waals surface area contributed by atoms with Crippen LogP contribution in [0.1, 0.15) is 30.2 Å². The predicted molar refractivity (Wildman–Crippen MR) is 87.4 cm³/mol. The average Bonchev–Trinajstić information content (AvgIpc) is 3.04. The topological polar surface area (TPSA) is 62.6 Å². The van der Waals surface area contributed by atoms with Gasteiger partial charge in [0.05, 0.1) is 12.8 Å². The highest BCUT2D eigenvalue weighted by molar-refractivity contribution is 5.78. The average molecular weight is 314 g/mol. The van der Waals surface area contributed by atoms with Crippen molar-refractivity contribution in [1.29, 1.82) is 0 Å². The summed E-state index contributed by atoms with van der Waals surface area (Å²) in [6.07, 6.45) is 1.84. The zero-order valence-corrected chi connectivity index (χ0v) is 13.5. The molecule has 122 valence electrons. The van der Waals surface area contributed by atoms with Gasteiger partial charge in [0.25, 0.3) is 0 Å². The summed E-state index contributed by atoms with van der Waals surface area (Å²) in [5.41, 5.74) is 2.24. The van der Waals surface area contributed by atoms with Crippen molar-refractivity contribution in [3.63, 3.8) is 0 Å². The van der Waals surface area contributed by atoms with Crippen LogP contribution in [0.25, 0.3) is 0 Å². The third-order valence-electron chi connectivity index (χ3n) is 3.72.